The first-order chi connectivity index (χ1) is 13.3. The molecular weight excluding hydrogens is 371 g/mol. The van der Waals surface area contributed by atoms with E-state index in [1.54, 1.807) is 60.7 Å². The van der Waals surface area contributed by atoms with Crippen LogP contribution in [0.1, 0.15) is 11.1 Å². The van der Waals surface area contributed by atoms with Crippen LogP contribution < -0.4 is 5.32 Å². The highest BCUT2D eigenvalue weighted by Gasteiger charge is 2.39. The van der Waals surface area contributed by atoms with Gasteiger partial charge < -0.3 is 10.4 Å². The van der Waals surface area contributed by atoms with Crippen molar-refractivity contribution >= 4 is 11.9 Å². The maximum Gasteiger partial charge on any atom is 0.471 e. The van der Waals surface area contributed by atoms with Crippen molar-refractivity contribution in [2.45, 2.75) is 25.1 Å². The highest BCUT2D eigenvalue weighted by atomic mass is 19.4. The van der Waals surface area contributed by atoms with Gasteiger partial charge in [0.25, 0.3) is 0 Å². The minimum absolute atomic E-state index is 0.108. The van der Waals surface area contributed by atoms with Gasteiger partial charge in [-0.15, -0.1) is 0 Å². The average Bonchev–Trinajstić information content (AvgIpc) is 2.65. The molecule has 2 atom stereocenters. The molecule has 0 aliphatic carbocycles. The molecule has 7 heteroatoms. The molecular formula is C21H20F3NO3. The summed E-state index contributed by atoms with van der Waals surface area (Å²) < 4.78 is 37.9. The van der Waals surface area contributed by atoms with E-state index in [1.807, 2.05) is 5.32 Å². The molecule has 2 rings (SSSR count). The number of alkyl halides is 3. The van der Waals surface area contributed by atoms with Gasteiger partial charge in [-0.3, -0.25) is 9.59 Å². The van der Waals surface area contributed by atoms with Crippen LogP contribution in [0.2, 0.25) is 0 Å². The molecule has 0 aliphatic heterocycles. The molecule has 0 bridgehead atoms. The quantitative estimate of drug-likeness (QED) is 0.673. The summed E-state index contributed by atoms with van der Waals surface area (Å²) in [5, 5.41) is 11.3. The Kier molecular flexibility index (Phi) is 7.37. The number of halogens is 3. The van der Waals surface area contributed by atoms with Gasteiger partial charge in [-0.25, -0.2) is 0 Å². The average molecular weight is 391 g/mol. The van der Waals surface area contributed by atoms with Crippen molar-refractivity contribution in [3.8, 4) is 0 Å². The van der Waals surface area contributed by atoms with Crippen molar-refractivity contribution in [1.29, 1.82) is 0 Å². The van der Waals surface area contributed by atoms with Crippen LogP contribution in [0.15, 0.2) is 72.8 Å². The van der Waals surface area contributed by atoms with E-state index < -0.39 is 30.0 Å². The molecule has 0 spiro atoms. The molecule has 2 N–H and O–H groups in total. The van der Waals surface area contributed by atoms with E-state index in [0.29, 0.717) is 0 Å². The van der Waals surface area contributed by atoms with Gasteiger partial charge in [0.15, 0.2) is 0 Å². The SMILES string of the molecule is O=C(O)[C@H](/C=C/[C@H](Cc1ccccc1)NC(=O)C(F)(F)F)Cc1ccccc1. The van der Waals surface area contributed by atoms with Crippen LogP contribution in [0.25, 0.3) is 0 Å². The van der Waals surface area contributed by atoms with E-state index >= 15 is 0 Å². The molecule has 4 nitrogen and oxygen atoms in total. The second kappa shape index (κ2) is 9.73. The minimum Gasteiger partial charge on any atom is -0.481 e. The Morgan fingerprint density at radius 3 is 1.86 bits per heavy atom. The number of hydrogen-bond acceptors (Lipinski definition) is 2. The van der Waals surface area contributed by atoms with E-state index in [1.165, 1.54) is 12.2 Å². The molecule has 0 saturated carbocycles. The summed E-state index contributed by atoms with van der Waals surface area (Å²) in [7, 11) is 0. The van der Waals surface area contributed by atoms with Gasteiger partial charge in [0.1, 0.15) is 0 Å². The van der Waals surface area contributed by atoms with Gasteiger partial charge >= 0.3 is 18.1 Å². The summed E-state index contributed by atoms with van der Waals surface area (Å²) in [6.45, 7) is 0. The fourth-order valence-electron chi connectivity index (χ4n) is 2.66. The zero-order valence-corrected chi connectivity index (χ0v) is 14.9. The summed E-state index contributed by atoms with van der Waals surface area (Å²) in [4.78, 5) is 22.9. The Morgan fingerprint density at radius 1 is 0.893 bits per heavy atom. The smallest absolute Gasteiger partial charge is 0.471 e. The predicted octanol–water partition coefficient (Wildman–Crippen LogP) is 3.78. The van der Waals surface area contributed by atoms with Gasteiger partial charge in [-0.05, 0) is 24.0 Å². The Hall–Kier alpha value is -3.09. The Labute approximate surface area is 160 Å². The lowest BCUT2D eigenvalue weighted by molar-refractivity contribution is -0.174. The maximum atomic E-state index is 12.6. The van der Waals surface area contributed by atoms with Gasteiger partial charge in [0.2, 0.25) is 0 Å². The maximum absolute atomic E-state index is 12.6. The summed E-state index contributed by atoms with van der Waals surface area (Å²) in [6, 6.07) is 16.6. The second-order valence-corrected chi connectivity index (χ2v) is 6.29. The number of aliphatic carboxylic acids is 1. The molecule has 28 heavy (non-hydrogen) atoms. The third-order valence-corrected chi connectivity index (χ3v) is 4.06. The molecule has 148 valence electrons. The summed E-state index contributed by atoms with van der Waals surface area (Å²) in [5.41, 5.74) is 1.51. The van der Waals surface area contributed by atoms with Gasteiger partial charge in [0, 0.05) is 0 Å². The molecule has 0 aromatic heterocycles. The number of nitrogens with one attached hydrogen (secondary N) is 1. The van der Waals surface area contributed by atoms with Crippen LogP contribution in [0.3, 0.4) is 0 Å². The van der Waals surface area contributed by atoms with Crippen LogP contribution in [0.5, 0.6) is 0 Å². The minimum atomic E-state index is -5.01. The first-order valence-electron chi connectivity index (χ1n) is 8.62. The van der Waals surface area contributed by atoms with Gasteiger partial charge in [0.05, 0.1) is 12.0 Å². The number of carboxylic acids is 1. The number of carbonyl (C=O) groups excluding carboxylic acids is 1. The molecule has 1 amide bonds. The summed E-state index contributed by atoms with van der Waals surface area (Å²) in [6.07, 6.45) is -2.06. The predicted molar refractivity (Wildman–Crippen MR) is 98.5 cm³/mol. The highest BCUT2D eigenvalue weighted by molar-refractivity contribution is 5.82. The van der Waals surface area contributed by atoms with Crippen LogP contribution in [-0.2, 0) is 22.4 Å². The molecule has 2 aromatic carbocycles. The molecule has 0 fully saturated rings. The summed E-state index contributed by atoms with van der Waals surface area (Å²) >= 11 is 0. The van der Waals surface area contributed by atoms with Crippen LogP contribution in [0.4, 0.5) is 13.2 Å². The van der Waals surface area contributed by atoms with Crippen molar-refractivity contribution in [1.82, 2.24) is 5.32 Å². The Bertz CT molecular complexity index is 805. The first-order valence-corrected chi connectivity index (χ1v) is 8.62. The van der Waals surface area contributed by atoms with E-state index in [9.17, 15) is 27.9 Å². The lowest BCUT2D eigenvalue weighted by atomic mass is 9.97. The fraction of sp³-hybridized carbons (Fsp3) is 0.238. The number of amides is 1. The van der Waals surface area contributed by atoms with Crippen molar-refractivity contribution in [2.75, 3.05) is 0 Å². The van der Waals surface area contributed by atoms with Crippen LogP contribution in [-0.4, -0.2) is 29.2 Å². The zero-order valence-electron chi connectivity index (χ0n) is 14.9. The third-order valence-electron chi connectivity index (χ3n) is 4.06. The first kappa shape index (κ1) is 21.2. The largest absolute Gasteiger partial charge is 0.481 e. The number of benzene rings is 2. The fourth-order valence-corrected chi connectivity index (χ4v) is 2.66. The normalized spacial score (nSPS) is 13.8. The van der Waals surface area contributed by atoms with E-state index in [4.69, 9.17) is 0 Å². The molecule has 0 aliphatic rings. The lowest BCUT2D eigenvalue weighted by Gasteiger charge is -2.17. The molecule has 0 heterocycles. The van der Waals surface area contributed by atoms with E-state index in [0.717, 1.165) is 11.1 Å². The van der Waals surface area contributed by atoms with Crippen molar-refractivity contribution in [3.63, 3.8) is 0 Å². The monoisotopic (exact) mass is 391 g/mol. The van der Waals surface area contributed by atoms with E-state index in [-0.39, 0.29) is 12.8 Å². The zero-order chi connectivity index (χ0) is 20.6. The molecule has 0 radical (unpaired) electrons. The van der Waals surface area contributed by atoms with Crippen molar-refractivity contribution < 1.29 is 27.9 Å². The number of rotatable bonds is 8. The van der Waals surface area contributed by atoms with Crippen LogP contribution in [0, 0.1) is 5.92 Å². The molecule has 2 aromatic rings. The second-order valence-electron chi connectivity index (χ2n) is 6.29. The van der Waals surface area contributed by atoms with Crippen LogP contribution >= 0.6 is 0 Å². The molecule has 0 saturated heterocycles. The lowest BCUT2D eigenvalue weighted by Crippen LogP contribution is -2.43. The van der Waals surface area contributed by atoms with Crippen molar-refractivity contribution in [2.24, 2.45) is 5.92 Å². The molecule has 0 unspecified atom stereocenters. The van der Waals surface area contributed by atoms with Gasteiger partial charge in [-0.2, -0.15) is 13.2 Å². The Balaban J connectivity index is 2.17. The third kappa shape index (κ3) is 6.90. The van der Waals surface area contributed by atoms with Gasteiger partial charge in [-0.1, -0.05) is 72.8 Å². The topological polar surface area (TPSA) is 66.4 Å². The summed E-state index contributed by atoms with van der Waals surface area (Å²) in [5.74, 6) is -4.09. The number of carboxylic acid groups (broad SMARTS) is 1. The highest BCUT2D eigenvalue weighted by Crippen LogP contribution is 2.16. The number of hydrogen-bond donors (Lipinski definition) is 2. The van der Waals surface area contributed by atoms with Crippen molar-refractivity contribution in [3.05, 3.63) is 83.9 Å². The van der Waals surface area contributed by atoms with E-state index in [2.05, 4.69) is 0 Å². The Morgan fingerprint density at radius 2 is 1.39 bits per heavy atom. The standard InChI is InChI=1S/C21H20F3NO3/c22-21(23,24)20(28)25-18(14-16-9-5-2-6-10-16)12-11-17(19(26)27)13-15-7-3-1-4-8-15/h1-12,17-18H,13-14H2,(H,25,28)(H,26,27)/b12-11+/t17-,18-/m1/s1. The number of carbonyl (C=O) groups is 2.